The lowest BCUT2D eigenvalue weighted by molar-refractivity contribution is -0.0177. The van der Waals surface area contributed by atoms with E-state index in [1.54, 1.807) is 0 Å². The third-order valence-electron chi connectivity index (χ3n) is 3.64. The molecule has 1 fully saturated rings. The van der Waals surface area contributed by atoms with Gasteiger partial charge in [-0.25, -0.2) is 0 Å². The molecular weight excluding hydrogens is 222 g/mol. The SMILES string of the molecule is CC#CCN1CCC(O)(Cc2ccccc2)CC1. The van der Waals surface area contributed by atoms with Crippen LogP contribution >= 0.6 is 0 Å². The Morgan fingerprint density at radius 2 is 1.89 bits per heavy atom. The Morgan fingerprint density at radius 1 is 1.22 bits per heavy atom. The Balaban J connectivity index is 1.88. The molecule has 0 aliphatic carbocycles. The van der Waals surface area contributed by atoms with Crippen LogP contribution < -0.4 is 0 Å². The number of hydrogen-bond acceptors (Lipinski definition) is 2. The van der Waals surface area contributed by atoms with E-state index < -0.39 is 5.60 Å². The first-order valence-electron chi connectivity index (χ1n) is 6.60. The van der Waals surface area contributed by atoms with Crippen molar-refractivity contribution in [2.75, 3.05) is 19.6 Å². The maximum absolute atomic E-state index is 10.6. The van der Waals surface area contributed by atoms with Crippen LogP contribution in [-0.2, 0) is 6.42 Å². The predicted molar refractivity (Wildman–Crippen MR) is 74.2 cm³/mol. The highest BCUT2D eigenvalue weighted by Gasteiger charge is 2.31. The molecule has 1 N–H and O–H groups in total. The van der Waals surface area contributed by atoms with Crippen molar-refractivity contribution in [1.29, 1.82) is 0 Å². The molecule has 2 nitrogen and oxygen atoms in total. The topological polar surface area (TPSA) is 23.5 Å². The van der Waals surface area contributed by atoms with E-state index in [2.05, 4.69) is 28.9 Å². The minimum Gasteiger partial charge on any atom is -0.389 e. The Hall–Kier alpha value is -1.30. The molecule has 96 valence electrons. The molecule has 0 unspecified atom stereocenters. The van der Waals surface area contributed by atoms with Crippen molar-refractivity contribution in [2.24, 2.45) is 0 Å². The van der Waals surface area contributed by atoms with Crippen molar-refractivity contribution in [3.8, 4) is 11.8 Å². The molecule has 0 saturated carbocycles. The first kappa shape index (κ1) is 13.1. The zero-order valence-electron chi connectivity index (χ0n) is 11.0. The fourth-order valence-corrected chi connectivity index (χ4v) is 2.47. The van der Waals surface area contributed by atoms with E-state index in [1.165, 1.54) is 5.56 Å². The Labute approximate surface area is 110 Å². The van der Waals surface area contributed by atoms with Gasteiger partial charge in [0.1, 0.15) is 0 Å². The van der Waals surface area contributed by atoms with Crippen LogP contribution in [0.3, 0.4) is 0 Å². The van der Waals surface area contributed by atoms with E-state index >= 15 is 0 Å². The number of rotatable bonds is 3. The van der Waals surface area contributed by atoms with Gasteiger partial charge in [-0.05, 0) is 25.3 Å². The average molecular weight is 243 g/mol. The lowest BCUT2D eigenvalue weighted by atomic mass is 9.85. The zero-order chi connectivity index (χ0) is 12.8. The van der Waals surface area contributed by atoms with Crippen molar-refractivity contribution >= 4 is 0 Å². The number of piperidine rings is 1. The lowest BCUT2D eigenvalue weighted by Gasteiger charge is -2.37. The molecule has 0 atom stereocenters. The van der Waals surface area contributed by atoms with Crippen molar-refractivity contribution in [3.05, 3.63) is 35.9 Å². The van der Waals surface area contributed by atoms with Gasteiger partial charge in [0.05, 0.1) is 12.1 Å². The number of likely N-dealkylation sites (tertiary alicyclic amines) is 1. The third-order valence-corrected chi connectivity index (χ3v) is 3.64. The summed E-state index contributed by atoms with van der Waals surface area (Å²) in [6, 6.07) is 10.3. The van der Waals surface area contributed by atoms with Crippen LogP contribution in [0.5, 0.6) is 0 Å². The van der Waals surface area contributed by atoms with Crippen molar-refractivity contribution in [1.82, 2.24) is 4.90 Å². The van der Waals surface area contributed by atoms with Crippen LogP contribution in [0.15, 0.2) is 30.3 Å². The molecule has 0 radical (unpaired) electrons. The second-order valence-electron chi connectivity index (χ2n) is 5.09. The van der Waals surface area contributed by atoms with Gasteiger partial charge in [-0.15, -0.1) is 5.92 Å². The smallest absolute Gasteiger partial charge is 0.0712 e. The molecule has 0 bridgehead atoms. The fraction of sp³-hybridized carbons (Fsp3) is 0.500. The van der Waals surface area contributed by atoms with Gasteiger partial charge in [0.25, 0.3) is 0 Å². The number of aliphatic hydroxyl groups is 1. The summed E-state index contributed by atoms with van der Waals surface area (Å²) >= 11 is 0. The van der Waals surface area contributed by atoms with E-state index in [0.29, 0.717) is 0 Å². The van der Waals surface area contributed by atoms with Crippen LogP contribution in [0.25, 0.3) is 0 Å². The maximum Gasteiger partial charge on any atom is 0.0712 e. The van der Waals surface area contributed by atoms with Crippen LogP contribution in [0.1, 0.15) is 25.3 Å². The normalized spacial score (nSPS) is 19.0. The minimum absolute atomic E-state index is 0.530. The van der Waals surface area contributed by atoms with Crippen molar-refractivity contribution in [2.45, 2.75) is 31.8 Å². The maximum atomic E-state index is 10.6. The molecule has 2 rings (SSSR count). The summed E-state index contributed by atoms with van der Waals surface area (Å²) in [6.07, 6.45) is 2.45. The quantitative estimate of drug-likeness (QED) is 0.822. The van der Waals surface area contributed by atoms with Crippen LogP contribution in [0.4, 0.5) is 0 Å². The summed E-state index contributed by atoms with van der Waals surface area (Å²) in [5.41, 5.74) is 0.694. The van der Waals surface area contributed by atoms with Gasteiger partial charge < -0.3 is 5.11 Å². The highest BCUT2D eigenvalue weighted by atomic mass is 16.3. The predicted octanol–water partition coefficient (Wildman–Crippen LogP) is 2.08. The molecule has 1 heterocycles. The Bertz CT molecular complexity index is 421. The Morgan fingerprint density at radius 3 is 2.50 bits per heavy atom. The molecule has 18 heavy (non-hydrogen) atoms. The molecule has 0 amide bonds. The average Bonchev–Trinajstić information content (AvgIpc) is 2.39. The third kappa shape index (κ3) is 3.60. The van der Waals surface area contributed by atoms with Gasteiger partial charge in [-0.2, -0.15) is 0 Å². The molecule has 1 aromatic rings. The Kier molecular flexibility index (Phi) is 4.41. The molecule has 1 aliphatic rings. The fourth-order valence-electron chi connectivity index (χ4n) is 2.47. The van der Waals surface area contributed by atoms with Crippen molar-refractivity contribution < 1.29 is 5.11 Å². The van der Waals surface area contributed by atoms with Gasteiger partial charge >= 0.3 is 0 Å². The highest BCUT2D eigenvalue weighted by Crippen LogP contribution is 2.26. The first-order valence-corrected chi connectivity index (χ1v) is 6.60. The summed E-state index contributed by atoms with van der Waals surface area (Å²) in [5.74, 6) is 6.01. The largest absolute Gasteiger partial charge is 0.389 e. The molecule has 1 aromatic carbocycles. The van der Waals surface area contributed by atoms with E-state index in [-0.39, 0.29) is 0 Å². The monoisotopic (exact) mass is 243 g/mol. The van der Waals surface area contributed by atoms with Crippen LogP contribution in [0, 0.1) is 11.8 Å². The number of hydrogen-bond donors (Lipinski definition) is 1. The molecule has 2 heteroatoms. The molecule has 1 saturated heterocycles. The van der Waals surface area contributed by atoms with Crippen LogP contribution in [-0.4, -0.2) is 35.2 Å². The summed E-state index contributed by atoms with van der Waals surface area (Å²) in [7, 11) is 0. The second kappa shape index (κ2) is 6.04. The van der Waals surface area contributed by atoms with Gasteiger partial charge in [-0.3, -0.25) is 4.90 Å². The second-order valence-corrected chi connectivity index (χ2v) is 5.09. The van der Waals surface area contributed by atoms with E-state index in [0.717, 1.165) is 38.9 Å². The van der Waals surface area contributed by atoms with E-state index in [1.807, 2.05) is 25.1 Å². The van der Waals surface area contributed by atoms with E-state index in [4.69, 9.17) is 0 Å². The van der Waals surface area contributed by atoms with Gasteiger partial charge in [0, 0.05) is 19.5 Å². The summed E-state index contributed by atoms with van der Waals surface area (Å²) < 4.78 is 0. The minimum atomic E-state index is -0.530. The van der Waals surface area contributed by atoms with E-state index in [9.17, 15) is 5.11 Å². The number of benzene rings is 1. The standard InChI is InChI=1S/C16H21NO/c1-2-3-11-17-12-9-16(18,10-13-17)14-15-7-5-4-6-8-15/h4-8,18H,9-14H2,1H3. The molecule has 0 spiro atoms. The summed E-state index contributed by atoms with van der Waals surface area (Å²) in [4.78, 5) is 2.32. The summed E-state index contributed by atoms with van der Waals surface area (Å²) in [6.45, 7) is 4.59. The lowest BCUT2D eigenvalue weighted by Crippen LogP contribution is -2.45. The van der Waals surface area contributed by atoms with Crippen molar-refractivity contribution in [3.63, 3.8) is 0 Å². The number of nitrogens with zero attached hydrogens (tertiary/aromatic N) is 1. The summed E-state index contributed by atoms with van der Waals surface area (Å²) in [5, 5.41) is 10.6. The van der Waals surface area contributed by atoms with Gasteiger partial charge in [-0.1, -0.05) is 36.3 Å². The van der Waals surface area contributed by atoms with Gasteiger partial charge in [0.2, 0.25) is 0 Å². The van der Waals surface area contributed by atoms with Gasteiger partial charge in [0.15, 0.2) is 0 Å². The first-order chi connectivity index (χ1) is 8.72. The highest BCUT2D eigenvalue weighted by molar-refractivity contribution is 5.17. The van der Waals surface area contributed by atoms with Crippen LogP contribution in [0.2, 0.25) is 0 Å². The molecular formula is C16H21NO. The zero-order valence-corrected chi connectivity index (χ0v) is 11.0. The molecule has 1 aliphatic heterocycles. The molecule has 0 aromatic heterocycles.